The maximum atomic E-state index is 11.5. The lowest BCUT2D eigenvalue weighted by Gasteiger charge is -2.37. The van der Waals surface area contributed by atoms with Gasteiger partial charge in [-0.05, 0) is 5.92 Å². The summed E-state index contributed by atoms with van der Waals surface area (Å²) >= 11 is 0. The summed E-state index contributed by atoms with van der Waals surface area (Å²) in [5.41, 5.74) is 0. The zero-order chi connectivity index (χ0) is 19.0. The number of sulfone groups is 1. The van der Waals surface area contributed by atoms with Gasteiger partial charge in [0, 0.05) is 58.9 Å². The number of hydrogen-bond donors (Lipinski definition) is 2. The van der Waals surface area contributed by atoms with Crippen LogP contribution < -0.4 is 10.6 Å². The number of guanidine groups is 1. The second-order valence-electron chi connectivity index (χ2n) is 7.33. The average molecular weight is 390 g/mol. The van der Waals surface area contributed by atoms with E-state index in [0.717, 1.165) is 51.9 Å². The summed E-state index contributed by atoms with van der Waals surface area (Å²) in [6.45, 7) is 11.8. The molecule has 0 radical (unpaired) electrons. The predicted octanol–water partition coefficient (Wildman–Crippen LogP) is -0.761. The van der Waals surface area contributed by atoms with Crippen LogP contribution in [0.3, 0.4) is 0 Å². The molecule has 0 aromatic heterocycles. The second-order valence-corrected chi connectivity index (χ2v) is 9.64. The van der Waals surface area contributed by atoms with Gasteiger partial charge in [0.05, 0.1) is 24.7 Å². The largest absolute Gasteiger partial charge is 0.379 e. The molecule has 1 atom stereocenters. The highest BCUT2D eigenvalue weighted by Gasteiger charge is 2.24. The van der Waals surface area contributed by atoms with Gasteiger partial charge in [-0.2, -0.15) is 0 Å². The van der Waals surface area contributed by atoms with Crippen molar-refractivity contribution >= 4 is 15.8 Å². The predicted molar refractivity (Wildman–Crippen MR) is 105 cm³/mol. The van der Waals surface area contributed by atoms with Crippen LogP contribution in [0.5, 0.6) is 0 Å². The molecule has 26 heavy (non-hydrogen) atoms. The van der Waals surface area contributed by atoms with Gasteiger partial charge in [-0.25, -0.2) is 8.42 Å². The van der Waals surface area contributed by atoms with Crippen molar-refractivity contribution in [1.29, 1.82) is 0 Å². The average Bonchev–Trinajstić information content (AvgIpc) is 2.62. The third-order valence-corrected chi connectivity index (χ3v) is 6.75. The lowest BCUT2D eigenvalue weighted by atomic mass is 10.0. The van der Waals surface area contributed by atoms with Crippen LogP contribution in [0.1, 0.15) is 13.8 Å². The number of nitrogens with one attached hydrogen (secondary N) is 2. The molecule has 152 valence electrons. The van der Waals surface area contributed by atoms with Crippen LogP contribution in [-0.2, 0) is 14.6 Å². The van der Waals surface area contributed by atoms with Crippen LogP contribution in [0.25, 0.3) is 0 Å². The number of morpholine rings is 1. The Kier molecular flexibility index (Phi) is 8.59. The first kappa shape index (κ1) is 21.4. The van der Waals surface area contributed by atoms with Crippen molar-refractivity contribution < 1.29 is 13.2 Å². The Morgan fingerprint density at radius 3 is 2.35 bits per heavy atom. The highest BCUT2D eigenvalue weighted by Crippen LogP contribution is 2.12. The second kappa shape index (κ2) is 10.4. The molecule has 1 unspecified atom stereocenters. The van der Waals surface area contributed by atoms with E-state index >= 15 is 0 Å². The number of ether oxygens (including phenoxy) is 1. The molecule has 0 aromatic rings. The van der Waals surface area contributed by atoms with E-state index in [-0.39, 0.29) is 11.5 Å². The van der Waals surface area contributed by atoms with Gasteiger partial charge in [-0.15, -0.1) is 0 Å². The molecule has 8 nitrogen and oxygen atoms in total. The van der Waals surface area contributed by atoms with Crippen LogP contribution in [0.15, 0.2) is 4.99 Å². The fourth-order valence-corrected chi connectivity index (χ4v) is 4.70. The molecule has 2 N–H and O–H groups in total. The van der Waals surface area contributed by atoms with Crippen molar-refractivity contribution in [2.24, 2.45) is 10.9 Å². The van der Waals surface area contributed by atoms with E-state index in [1.165, 1.54) is 0 Å². The maximum Gasteiger partial charge on any atom is 0.191 e. The van der Waals surface area contributed by atoms with Crippen LogP contribution in [0.2, 0.25) is 0 Å². The quantitative estimate of drug-likeness (QED) is 0.437. The van der Waals surface area contributed by atoms with Gasteiger partial charge in [0.2, 0.25) is 0 Å². The standard InChI is InChI=1S/C17H35N5O3S/c1-15(2)16(22-6-10-25-11-7-22)14-20-17(18-3)19-4-5-21-8-12-26(23,24)13-9-21/h15-16H,4-14H2,1-3H3,(H2,18,19,20). The molecule has 0 saturated carbocycles. The van der Waals surface area contributed by atoms with Gasteiger partial charge >= 0.3 is 0 Å². The first-order valence-corrected chi connectivity index (χ1v) is 11.4. The minimum absolute atomic E-state index is 0.273. The van der Waals surface area contributed by atoms with Crippen molar-refractivity contribution in [1.82, 2.24) is 20.4 Å². The van der Waals surface area contributed by atoms with Gasteiger partial charge < -0.3 is 15.4 Å². The molecule has 2 saturated heterocycles. The van der Waals surface area contributed by atoms with Crippen molar-refractivity contribution in [3.05, 3.63) is 0 Å². The Labute approximate surface area is 158 Å². The van der Waals surface area contributed by atoms with E-state index in [9.17, 15) is 8.42 Å². The summed E-state index contributed by atoms with van der Waals surface area (Å²) in [7, 11) is -1.03. The van der Waals surface area contributed by atoms with E-state index < -0.39 is 9.84 Å². The van der Waals surface area contributed by atoms with Crippen molar-refractivity contribution in [2.75, 3.05) is 77.6 Å². The number of aliphatic imine (C=N–C) groups is 1. The van der Waals surface area contributed by atoms with Crippen molar-refractivity contribution in [2.45, 2.75) is 19.9 Å². The summed E-state index contributed by atoms with van der Waals surface area (Å²) in [5, 5.41) is 6.78. The summed E-state index contributed by atoms with van der Waals surface area (Å²) in [4.78, 5) is 8.98. The molecular weight excluding hydrogens is 354 g/mol. The topological polar surface area (TPSA) is 86.3 Å². The molecule has 2 aliphatic heterocycles. The summed E-state index contributed by atoms with van der Waals surface area (Å²) in [6.07, 6.45) is 0. The van der Waals surface area contributed by atoms with Crippen LogP contribution in [-0.4, -0.2) is 108 Å². The molecule has 0 spiro atoms. The van der Waals surface area contributed by atoms with Crippen LogP contribution in [0, 0.1) is 5.92 Å². The van der Waals surface area contributed by atoms with Gasteiger partial charge in [0.15, 0.2) is 15.8 Å². The molecule has 2 aliphatic rings. The highest BCUT2D eigenvalue weighted by molar-refractivity contribution is 7.91. The summed E-state index contributed by atoms with van der Waals surface area (Å²) in [6, 6.07) is 0.449. The minimum atomic E-state index is -2.81. The molecule has 0 aromatic carbocycles. The molecule has 0 amide bonds. The molecule has 0 aliphatic carbocycles. The summed E-state index contributed by atoms with van der Waals surface area (Å²) < 4.78 is 28.4. The summed E-state index contributed by atoms with van der Waals surface area (Å²) in [5.74, 6) is 1.90. The smallest absolute Gasteiger partial charge is 0.191 e. The zero-order valence-corrected chi connectivity index (χ0v) is 17.2. The molecule has 9 heteroatoms. The molecular formula is C17H35N5O3S. The number of rotatable bonds is 7. The van der Waals surface area contributed by atoms with Crippen molar-refractivity contribution in [3.8, 4) is 0 Å². The number of nitrogens with zero attached hydrogens (tertiary/aromatic N) is 3. The number of hydrogen-bond acceptors (Lipinski definition) is 6. The highest BCUT2D eigenvalue weighted by atomic mass is 32.2. The fraction of sp³-hybridized carbons (Fsp3) is 0.941. The Morgan fingerprint density at radius 2 is 1.77 bits per heavy atom. The maximum absolute atomic E-state index is 11.5. The molecule has 0 bridgehead atoms. The van der Waals surface area contributed by atoms with E-state index in [2.05, 4.69) is 39.3 Å². The third-order valence-electron chi connectivity index (χ3n) is 5.14. The van der Waals surface area contributed by atoms with E-state index in [1.807, 2.05) is 0 Å². The van der Waals surface area contributed by atoms with Crippen molar-refractivity contribution in [3.63, 3.8) is 0 Å². The van der Waals surface area contributed by atoms with Gasteiger partial charge in [-0.3, -0.25) is 14.8 Å². The minimum Gasteiger partial charge on any atom is -0.379 e. The lowest BCUT2D eigenvalue weighted by molar-refractivity contribution is 0.00752. The van der Waals surface area contributed by atoms with Gasteiger partial charge in [0.25, 0.3) is 0 Å². The SMILES string of the molecule is CN=C(NCCN1CCS(=O)(=O)CC1)NCC(C(C)C)N1CCOCC1. The van der Waals surface area contributed by atoms with Gasteiger partial charge in [0.1, 0.15) is 0 Å². The fourth-order valence-electron chi connectivity index (χ4n) is 3.42. The Hall–Kier alpha value is -0.900. The zero-order valence-electron chi connectivity index (χ0n) is 16.4. The molecule has 2 fully saturated rings. The monoisotopic (exact) mass is 389 g/mol. The molecule has 2 heterocycles. The van der Waals surface area contributed by atoms with E-state index in [1.54, 1.807) is 7.05 Å². The van der Waals surface area contributed by atoms with Crippen LogP contribution >= 0.6 is 0 Å². The van der Waals surface area contributed by atoms with Gasteiger partial charge in [-0.1, -0.05) is 13.8 Å². The lowest BCUT2D eigenvalue weighted by Crippen LogP contribution is -2.53. The molecule has 2 rings (SSSR count). The van der Waals surface area contributed by atoms with E-state index in [4.69, 9.17) is 4.74 Å². The van der Waals surface area contributed by atoms with Crippen LogP contribution in [0.4, 0.5) is 0 Å². The first-order chi connectivity index (χ1) is 12.4. The van der Waals surface area contributed by atoms with E-state index in [0.29, 0.717) is 25.0 Å². The normalized spacial score (nSPS) is 23.8. The Morgan fingerprint density at radius 1 is 1.12 bits per heavy atom. The first-order valence-electron chi connectivity index (χ1n) is 9.60. The Balaban J connectivity index is 1.71. The Bertz CT molecular complexity index is 533. The third kappa shape index (κ3) is 7.02.